The monoisotopic (exact) mass is 279 g/mol. The fraction of sp³-hybridized carbons (Fsp3) is 0.909. The predicted molar refractivity (Wildman–Crippen MR) is 62.8 cm³/mol. The minimum atomic E-state index is -1.48. The first-order valence-electron chi connectivity index (χ1n) is 6.11. The average Bonchev–Trinajstić information content (AvgIpc) is 2.36. The second-order valence-electron chi connectivity index (χ2n) is 4.68. The van der Waals surface area contributed by atoms with Gasteiger partial charge in [-0.05, 0) is 13.3 Å². The largest absolute Gasteiger partial charge is 0.394 e. The molecule has 8 nitrogen and oxygen atoms in total. The highest BCUT2D eigenvalue weighted by Crippen LogP contribution is 2.20. The molecular formula is C11H21NO7. The van der Waals surface area contributed by atoms with Gasteiger partial charge in [0.05, 0.1) is 12.6 Å². The number of nitrogens with one attached hydrogen (secondary N) is 1. The number of ether oxygens (including phenoxy) is 1. The number of aliphatic hydroxyl groups excluding tert-OH is 5. The second-order valence-corrected chi connectivity index (χ2v) is 4.68. The lowest BCUT2D eigenvalue weighted by Crippen LogP contribution is -2.64. The summed E-state index contributed by atoms with van der Waals surface area (Å²) in [6, 6.07) is -1.11. The van der Waals surface area contributed by atoms with Crippen LogP contribution >= 0.6 is 0 Å². The highest BCUT2D eigenvalue weighted by molar-refractivity contribution is 5.75. The number of rotatable bonds is 6. The molecule has 1 aliphatic rings. The molecular weight excluding hydrogens is 258 g/mol. The smallest absolute Gasteiger partial charge is 0.173 e. The number of carbonyl (C=O) groups excluding carboxylic acids is 1. The molecule has 0 bridgehead atoms. The van der Waals surface area contributed by atoms with Crippen molar-refractivity contribution in [2.75, 3.05) is 6.61 Å². The van der Waals surface area contributed by atoms with Crippen molar-refractivity contribution in [1.82, 2.24) is 5.32 Å². The molecule has 6 atom stereocenters. The topological polar surface area (TPSA) is 139 Å². The number of hydrogen-bond donors (Lipinski definition) is 6. The maximum Gasteiger partial charge on any atom is 0.173 e. The van der Waals surface area contributed by atoms with Crippen LogP contribution in [0.4, 0.5) is 0 Å². The zero-order valence-electron chi connectivity index (χ0n) is 10.6. The van der Waals surface area contributed by atoms with Crippen molar-refractivity contribution in [3.05, 3.63) is 0 Å². The molecule has 1 saturated heterocycles. The summed E-state index contributed by atoms with van der Waals surface area (Å²) in [5.74, 6) is -0.0952. The van der Waals surface area contributed by atoms with Gasteiger partial charge in [0.25, 0.3) is 0 Å². The summed E-state index contributed by atoms with van der Waals surface area (Å²) in [6.07, 6.45) is -6.22. The maximum absolute atomic E-state index is 10.8. The van der Waals surface area contributed by atoms with E-state index in [1.807, 2.05) is 0 Å². The molecule has 112 valence electrons. The van der Waals surface area contributed by atoms with Crippen LogP contribution in [0.1, 0.15) is 19.8 Å². The van der Waals surface area contributed by atoms with Gasteiger partial charge in [-0.15, -0.1) is 0 Å². The zero-order chi connectivity index (χ0) is 14.6. The number of aliphatic hydroxyl groups is 5. The number of ketones is 1. The molecule has 1 aliphatic heterocycles. The van der Waals surface area contributed by atoms with Crippen molar-refractivity contribution >= 4 is 5.78 Å². The summed E-state index contributed by atoms with van der Waals surface area (Å²) in [7, 11) is 0. The Bertz CT molecular complexity index is 301. The van der Waals surface area contributed by atoms with E-state index >= 15 is 0 Å². The maximum atomic E-state index is 10.8. The molecule has 0 saturated carbocycles. The molecule has 1 rings (SSSR count). The summed E-state index contributed by atoms with van der Waals surface area (Å²) in [6.45, 7) is 0.838. The van der Waals surface area contributed by atoms with Gasteiger partial charge in [-0.2, -0.15) is 0 Å². The fourth-order valence-corrected chi connectivity index (χ4v) is 1.92. The SMILES string of the molecule is CC(=O)CCC(O)N[C@@H]1C(O)[C@H](O)C(CO)O[C@H]1O. The van der Waals surface area contributed by atoms with Crippen LogP contribution < -0.4 is 5.32 Å². The molecule has 0 aliphatic carbocycles. The third-order valence-corrected chi connectivity index (χ3v) is 3.05. The standard InChI is InChI=1S/C11H21NO7/c1-5(14)2-3-7(15)12-8-10(17)9(16)6(4-13)19-11(8)18/h6-13,15-18H,2-4H2,1H3/t6?,7?,8-,9-,10?,11-/m1/s1. The van der Waals surface area contributed by atoms with Crippen LogP contribution in [-0.4, -0.2) is 74.8 Å². The minimum absolute atomic E-state index is 0.0952. The highest BCUT2D eigenvalue weighted by atomic mass is 16.6. The lowest BCUT2D eigenvalue weighted by atomic mass is 9.97. The Morgan fingerprint density at radius 3 is 2.47 bits per heavy atom. The fourth-order valence-electron chi connectivity index (χ4n) is 1.92. The van der Waals surface area contributed by atoms with Gasteiger partial charge in [-0.1, -0.05) is 0 Å². The number of carbonyl (C=O) groups is 1. The van der Waals surface area contributed by atoms with E-state index in [4.69, 9.17) is 9.84 Å². The van der Waals surface area contributed by atoms with Crippen LogP contribution in [0.25, 0.3) is 0 Å². The Balaban J connectivity index is 2.54. The molecule has 1 heterocycles. The van der Waals surface area contributed by atoms with Crippen LogP contribution in [0.2, 0.25) is 0 Å². The van der Waals surface area contributed by atoms with Gasteiger partial charge in [-0.3, -0.25) is 5.32 Å². The van der Waals surface area contributed by atoms with Gasteiger partial charge >= 0.3 is 0 Å². The Hall–Kier alpha value is -0.610. The molecule has 19 heavy (non-hydrogen) atoms. The molecule has 0 amide bonds. The lowest BCUT2D eigenvalue weighted by Gasteiger charge is -2.41. The predicted octanol–water partition coefficient (Wildman–Crippen LogP) is -2.94. The lowest BCUT2D eigenvalue weighted by molar-refractivity contribution is -0.258. The van der Waals surface area contributed by atoms with Crippen LogP contribution in [-0.2, 0) is 9.53 Å². The van der Waals surface area contributed by atoms with Crippen LogP contribution in [0.15, 0.2) is 0 Å². The van der Waals surface area contributed by atoms with Crippen LogP contribution in [0.5, 0.6) is 0 Å². The van der Waals surface area contributed by atoms with Gasteiger partial charge in [0, 0.05) is 6.42 Å². The Kier molecular flexibility index (Phi) is 6.27. The molecule has 0 aromatic carbocycles. The Morgan fingerprint density at radius 1 is 1.32 bits per heavy atom. The molecule has 8 heteroatoms. The summed E-state index contributed by atoms with van der Waals surface area (Å²) in [5.41, 5.74) is 0. The first-order chi connectivity index (χ1) is 8.86. The van der Waals surface area contributed by atoms with Crippen molar-refractivity contribution in [1.29, 1.82) is 0 Å². The van der Waals surface area contributed by atoms with Crippen molar-refractivity contribution in [2.24, 2.45) is 0 Å². The average molecular weight is 279 g/mol. The van der Waals surface area contributed by atoms with E-state index in [0.29, 0.717) is 0 Å². The zero-order valence-corrected chi connectivity index (χ0v) is 10.6. The van der Waals surface area contributed by atoms with E-state index in [-0.39, 0.29) is 18.6 Å². The third-order valence-electron chi connectivity index (χ3n) is 3.05. The van der Waals surface area contributed by atoms with E-state index in [2.05, 4.69) is 5.32 Å². The van der Waals surface area contributed by atoms with Crippen molar-refractivity contribution in [3.63, 3.8) is 0 Å². The quantitative estimate of drug-likeness (QED) is 0.284. The van der Waals surface area contributed by atoms with E-state index in [9.17, 15) is 25.2 Å². The minimum Gasteiger partial charge on any atom is -0.394 e. The van der Waals surface area contributed by atoms with Crippen LogP contribution in [0.3, 0.4) is 0 Å². The summed E-state index contributed by atoms with van der Waals surface area (Å²) in [5, 5.41) is 50.1. The van der Waals surface area contributed by atoms with Gasteiger partial charge in [0.2, 0.25) is 0 Å². The Labute approximate surface area is 110 Å². The van der Waals surface area contributed by atoms with E-state index in [0.717, 1.165) is 0 Å². The van der Waals surface area contributed by atoms with Crippen molar-refractivity contribution in [2.45, 2.75) is 56.6 Å². The van der Waals surface area contributed by atoms with E-state index in [1.165, 1.54) is 6.92 Å². The van der Waals surface area contributed by atoms with Gasteiger partial charge < -0.3 is 35.1 Å². The van der Waals surface area contributed by atoms with Gasteiger partial charge in [0.15, 0.2) is 6.29 Å². The second kappa shape index (κ2) is 7.25. The molecule has 3 unspecified atom stereocenters. The van der Waals surface area contributed by atoms with Gasteiger partial charge in [0.1, 0.15) is 30.3 Å². The molecule has 6 N–H and O–H groups in total. The third kappa shape index (κ3) is 4.46. The van der Waals surface area contributed by atoms with Crippen LogP contribution in [0, 0.1) is 0 Å². The molecule has 0 aromatic heterocycles. The highest BCUT2D eigenvalue weighted by Gasteiger charge is 2.44. The molecule has 0 aromatic rings. The molecule has 0 radical (unpaired) electrons. The number of Topliss-reactive ketones (excluding diaryl/α,β-unsaturated/α-hetero) is 1. The number of hydrogen-bond acceptors (Lipinski definition) is 8. The summed E-state index contributed by atoms with van der Waals surface area (Å²) in [4.78, 5) is 10.8. The van der Waals surface area contributed by atoms with E-state index in [1.54, 1.807) is 0 Å². The molecule has 0 spiro atoms. The van der Waals surface area contributed by atoms with Crippen molar-refractivity contribution in [3.8, 4) is 0 Å². The first kappa shape index (κ1) is 16.4. The van der Waals surface area contributed by atoms with E-state index < -0.39 is 43.5 Å². The Morgan fingerprint density at radius 2 is 1.95 bits per heavy atom. The van der Waals surface area contributed by atoms with Crippen molar-refractivity contribution < 1.29 is 35.1 Å². The molecule has 1 fully saturated rings. The summed E-state index contributed by atoms with van der Waals surface area (Å²) < 4.78 is 4.91. The normalized spacial score (nSPS) is 37.1. The summed E-state index contributed by atoms with van der Waals surface area (Å²) >= 11 is 0. The first-order valence-corrected chi connectivity index (χ1v) is 6.11. The van der Waals surface area contributed by atoms with Gasteiger partial charge in [-0.25, -0.2) is 0 Å².